The Kier molecular flexibility index (Phi) is 7.24. The Balaban J connectivity index is 1.48. The van der Waals surface area contributed by atoms with E-state index in [-0.39, 0.29) is 11.2 Å². The zero-order chi connectivity index (χ0) is 22.8. The lowest BCUT2D eigenvalue weighted by Gasteiger charge is -2.26. The Labute approximate surface area is 192 Å². The molecule has 0 amide bonds. The number of hydrogen-bond donors (Lipinski definition) is 1. The number of ether oxygens (including phenoxy) is 1. The van der Waals surface area contributed by atoms with Crippen LogP contribution in [0.3, 0.4) is 0 Å². The van der Waals surface area contributed by atoms with Crippen LogP contribution in [0, 0.1) is 5.92 Å². The first-order valence-electron chi connectivity index (χ1n) is 12.0. The molecule has 2 fully saturated rings. The Bertz CT molecular complexity index is 1010. The first-order valence-corrected chi connectivity index (χ1v) is 13.6. The summed E-state index contributed by atoms with van der Waals surface area (Å²) >= 11 is 0. The molecule has 178 valence electrons. The molecule has 0 bridgehead atoms. The number of imidazole rings is 1. The maximum absolute atomic E-state index is 12.5. The van der Waals surface area contributed by atoms with Crippen LogP contribution in [-0.4, -0.2) is 61.5 Å². The highest BCUT2D eigenvalue weighted by Crippen LogP contribution is 2.29. The van der Waals surface area contributed by atoms with Gasteiger partial charge in [-0.25, -0.2) is 18.1 Å². The molecule has 1 N–H and O–H groups in total. The highest BCUT2D eigenvalue weighted by Gasteiger charge is 2.25. The van der Waals surface area contributed by atoms with Gasteiger partial charge in [0.05, 0.1) is 16.8 Å². The number of aromatic nitrogens is 2. The van der Waals surface area contributed by atoms with Crippen molar-refractivity contribution in [2.45, 2.75) is 65.0 Å². The van der Waals surface area contributed by atoms with Crippen molar-refractivity contribution in [3.8, 4) is 0 Å². The van der Waals surface area contributed by atoms with Crippen molar-refractivity contribution in [1.29, 1.82) is 0 Å². The molecule has 4 rings (SSSR count). The van der Waals surface area contributed by atoms with Crippen LogP contribution in [0.2, 0.25) is 0 Å². The van der Waals surface area contributed by atoms with Gasteiger partial charge in [-0.1, -0.05) is 26.8 Å². The van der Waals surface area contributed by atoms with Gasteiger partial charge in [-0.3, -0.25) is 0 Å². The van der Waals surface area contributed by atoms with E-state index in [1.54, 1.807) is 0 Å². The lowest BCUT2D eigenvalue weighted by molar-refractivity contribution is 0.0611. The number of sulfonamides is 1. The molecule has 0 aliphatic carbocycles. The van der Waals surface area contributed by atoms with E-state index in [0.29, 0.717) is 19.0 Å². The average molecular weight is 463 g/mol. The van der Waals surface area contributed by atoms with E-state index < -0.39 is 10.0 Å². The molecule has 2 saturated heterocycles. The molecule has 8 heteroatoms. The molecule has 2 aromatic rings. The van der Waals surface area contributed by atoms with Gasteiger partial charge < -0.3 is 14.2 Å². The zero-order valence-electron chi connectivity index (χ0n) is 19.8. The quantitative estimate of drug-likeness (QED) is 0.652. The molecule has 0 atom stereocenters. The van der Waals surface area contributed by atoms with Crippen molar-refractivity contribution in [1.82, 2.24) is 19.2 Å². The number of fused-ring (bicyclic) bond motifs is 1. The maximum atomic E-state index is 12.5. The minimum Gasteiger partial charge on any atom is -0.381 e. The number of nitrogens with one attached hydrogen (secondary N) is 1. The van der Waals surface area contributed by atoms with Crippen LogP contribution >= 0.6 is 0 Å². The zero-order valence-corrected chi connectivity index (χ0v) is 20.6. The molecule has 1 aromatic carbocycles. The van der Waals surface area contributed by atoms with E-state index in [1.165, 1.54) is 12.8 Å². The van der Waals surface area contributed by atoms with Crippen molar-refractivity contribution in [2.24, 2.45) is 5.92 Å². The highest BCUT2D eigenvalue weighted by molar-refractivity contribution is 7.89. The van der Waals surface area contributed by atoms with E-state index in [9.17, 15) is 8.42 Å². The summed E-state index contributed by atoms with van der Waals surface area (Å²) in [5.74, 6) is 1.84. The van der Waals surface area contributed by atoms with E-state index in [0.717, 1.165) is 68.1 Å². The van der Waals surface area contributed by atoms with Crippen LogP contribution < -0.4 is 4.72 Å². The van der Waals surface area contributed by atoms with E-state index in [4.69, 9.17) is 9.72 Å². The number of likely N-dealkylation sites (tertiary alicyclic amines) is 1. The molecular weight excluding hydrogens is 424 g/mol. The molecule has 0 radical (unpaired) electrons. The summed E-state index contributed by atoms with van der Waals surface area (Å²) in [5.41, 5.74) is 2.94. The highest BCUT2D eigenvalue weighted by atomic mass is 32.2. The molecule has 0 spiro atoms. The third-order valence-electron chi connectivity index (χ3n) is 6.64. The van der Waals surface area contributed by atoms with Crippen LogP contribution in [0.4, 0.5) is 0 Å². The van der Waals surface area contributed by atoms with Gasteiger partial charge in [0, 0.05) is 38.3 Å². The smallest absolute Gasteiger partial charge is 0.213 e. The SMILES string of the molecule is CC(C)(C)c1nc2cc(CNS(=O)(=O)CCN3CCCC3)ccc2n1CC1CCOCC1. The lowest BCUT2D eigenvalue weighted by atomic mass is 9.94. The van der Waals surface area contributed by atoms with Gasteiger partial charge in [0.15, 0.2) is 0 Å². The Morgan fingerprint density at radius 1 is 1.16 bits per heavy atom. The van der Waals surface area contributed by atoms with Crippen molar-refractivity contribution in [3.63, 3.8) is 0 Å². The van der Waals surface area contributed by atoms with Gasteiger partial charge in [0.1, 0.15) is 5.82 Å². The predicted molar refractivity (Wildman–Crippen MR) is 128 cm³/mol. The fourth-order valence-electron chi connectivity index (χ4n) is 4.75. The summed E-state index contributed by atoms with van der Waals surface area (Å²) in [6.45, 7) is 12.2. The van der Waals surface area contributed by atoms with Crippen LogP contribution in [-0.2, 0) is 33.3 Å². The Morgan fingerprint density at radius 3 is 2.56 bits per heavy atom. The average Bonchev–Trinajstić information content (AvgIpc) is 3.40. The molecular formula is C24H38N4O3S. The van der Waals surface area contributed by atoms with Gasteiger partial charge in [0.2, 0.25) is 10.0 Å². The molecule has 0 saturated carbocycles. The van der Waals surface area contributed by atoms with Crippen LogP contribution in [0.25, 0.3) is 11.0 Å². The molecule has 2 aliphatic rings. The van der Waals surface area contributed by atoms with Crippen molar-refractivity contribution < 1.29 is 13.2 Å². The molecule has 32 heavy (non-hydrogen) atoms. The molecule has 3 heterocycles. The van der Waals surface area contributed by atoms with E-state index in [1.807, 2.05) is 12.1 Å². The monoisotopic (exact) mass is 462 g/mol. The first kappa shape index (κ1) is 23.7. The molecule has 7 nitrogen and oxygen atoms in total. The number of benzene rings is 1. The normalized spacial score (nSPS) is 19.2. The number of nitrogens with zero attached hydrogens (tertiary/aromatic N) is 3. The van der Waals surface area contributed by atoms with E-state index in [2.05, 4.69) is 41.0 Å². The summed E-state index contributed by atoms with van der Waals surface area (Å²) in [5, 5.41) is 0. The van der Waals surface area contributed by atoms with Gasteiger partial charge in [-0.05, 0) is 62.4 Å². The fraction of sp³-hybridized carbons (Fsp3) is 0.708. The van der Waals surface area contributed by atoms with Crippen LogP contribution in [0.5, 0.6) is 0 Å². The first-order chi connectivity index (χ1) is 15.2. The minimum absolute atomic E-state index is 0.0679. The standard InChI is InChI=1S/C24H38N4O3S/c1-24(2,3)23-26-21-16-20(17-25-32(29,30)15-12-27-10-4-5-11-27)6-7-22(21)28(23)18-19-8-13-31-14-9-19/h6-7,16,19,25H,4-5,8-15,17-18H2,1-3H3. The summed E-state index contributed by atoms with van der Waals surface area (Å²) in [6, 6.07) is 6.17. The Morgan fingerprint density at radius 2 is 1.88 bits per heavy atom. The van der Waals surface area contributed by atoms with Crippen LogP contribution in [0.15, 0.2) is 18.2 Å². The summed E-state index contributed by atoms with van der Waals surface area (Å²) in [7, 11) is -3.30. The van der Waals surface area contributed by atoms with Crippen molar-refractivity contribution in [2.75, 3.05) is 38.6 Å². The minimum atomic E-state index is -3.30. The molecule has 1 aromatic heterocycles. The van der Waals surface area contributed by atoms with Gasteiger partial charge in [0.25, 0.3) is 0 Å². The largest absolute Gasteiger partial charge is 0.381 e. The number of hydrogen-bond acceptors (Lipinski definition) is 5. The van der Waals surface area contributed by atoms with Crippen molar-refractivity contribution >= 4 is 21.1 Å². The third kappa shape index (κ3) is 5.90. The summed E-state index contributed by atoms with van der Waals surface area (Å²) in [6.07, 6.45) is 4.51. The van der Waals surface area contributed by atoms with E-state index >= 15 is 0 Å². The fourth-order valence-corrected chi connectivity index (χ4v) is 5.78. The van der Waals surface area contributed by atoms with Crippen molar-refractivity contribution in [3.05, 3.63) is 29.6 Å². The van der Waals surface area contributed by atoms with Gasteiger partial charge >= 0.3 is 0 Å². The lowest BCUT2D eigenvalue weighted by Crippen LogP contribution is -2.33. The second-order valence-electron chi connectivity index (χ2n) is 10.4. The maximum Gasteiger partial charge on any atom is 0.213 e. The number of rotatable bonds is 8. The molecule has 2 aliphatic heterocycles. The molecule has 0 unspecified atom stereocenters. The second-order valence-corrected chi connectivity index (χ2v) is 12.3. The summed E-state index contributed by atoms with van der Waals surface area (Å²) < 4.78 is 35.6. The van der Waals surface area contributed by atoms with Gasteiger partial charge in [-0.15, -0.1) is 0 Å². The summed E-state index contributed by atoms with van der Waals surface area (Å²) in [4.78, 5) is 7.22. The van der Waals surface area contributed by atoms with Crippen LogP contribution in [0.1, 0.15) is 57.8 Å². The topological polar surface area (TPSA) is 76.5 Å². The second kappa shape index (κ2) is 9.79. The van der Waals surface area contributed by atoms with Gasteiger partial charge in [-0.2, -0.15) is 0 Å². The predicted octanol–water partition coefficient (Wildman–Crippen LogP) is 3.28. The third-order valence-corrected chi connectivity index (χ3v) is 7.94. The Hall–Kier alpha value is -1.48.